The van der Waals surface area contributed by atoms with Crippen LogP contribution < -0.4 is 5.32 Å². The minimum atomic E-state index is 0.449. The van der Waals surface area contributed by atoms with Gasteiger partial charge in [-0.2, -0.15) is 0 Å². The highest BCUT2D eigenvalue weighted by atomic mass is 32.1. The summed E-state index contributed by atoms with van der Waals surface area (Å²) in [4.78, 5) is 8.99. The van der Waals surface area contributed by atoms with E-state index in [2.05, 4.69) is 31.1 Å². The molecule has 0 spiro atoms. The SMILES string of the molecule is CCc1nc2c(s1)C(N(C)CC1(C)CCNC1)CCC2. The van der Waals surface area contributed by atoms with Crippen LogP contribution >= 0.6 is 11.3 Å². The normalized spacial score (nSPS) is 29.9. The van der Waals surface area contributed by atoms with Crippen molar-refractivity contribution in [1.29, 1.82) is 0 Å². The zero-order valence-corrected chi connectivity index (χ0v) is 13.9. The highest BCUT2D eigenvalue weighted by Gasteiger charge is 2.34. The molecule has 0 bridgehead atoms. The fraction of sp³-hybridized carbons (Fsp3) is 0.812. The summed E-state index contributed by atoms with van der Waals surface area (Å²) in [5, 5.41) is 4.84. The summed E-state index contributed by atoms with van der Waals surface area (Å²) >= 11 is 1.96. The first kappa shape index (κ1) is 14.5. The van der Waals surface area contributed by atoms with Crippen LogP contribution in [0.25, 0.3) is 0 Å². The molecule has 2 aliphatic rings. The molecule has 2 unspecified atom stereocenters. The molecule has 0 amide bonds. The summed E-state index contributed by atoms with van der Waals surface area (Å²) < 4.78 is 0. The Morgan fingerprint density at radius 3 is 3.05 bits per heavy atom. The summed E-state index contributed by atoms with van der Waals surface area (Å²) in [6.45, 7) is 8.19. The number of fused-ring (bicyclic) bond motifs is 1. The van der Waals surface area contributed by atoms with Gasteiger partial charge in [0.25, 0.3) is 0 Å². The second-order valence-electron chi connectivity index (χ2n) is 6.83. The maximum absolute atomic E-state index is 4.83. The van der Waals surface area contributed by atoms with Gasteiger partial charge in [-0.3, -0.25) is 4.90 Å². The van der Waals surface area contributed by atoms with Gasteiger partial charge in [0.05, 0.1) is 10.7 Å². The van der Waals surface area contributed by atoms with Gasteiger partial charge in [-0.05, 0) is 51.1 Å². The molecule has 1 saturated heterocycles. The highest BCUT2D eigenvalue weighted by Crippen LogP contribution is 2.39. The van der Waals surface area contributed by atoms with Crippen LogP contribution in [0.1, 0.15) is 54.7 Å². The number of nitrogens with one attached hydrogen (secondary N) is 1. The molecular formula is C16H27N3S. The summed E-state index contributed by atoms with van der Waals surface area (Å²) in [6.07, 6.45) is 6.17. The minimum absolute atomic E-state index is 0.449. The first-order chi connectivity index (χ1) is 9.61. The van der Waals surface area contributed by atoms with E-state index in [0.717, 1.165) is 6.42 Å². The molecule has 0 radical (unpaired) electrons. The summed E-state index contributed by atoms with van der Waals surface area (Å²) in [6, 6.07) is 0.606. The third-order valence-electron chi connectivity index (χ3n) is 4.89. The molecule has 1 aliphatic heterocycles. The Morgan fingerprint density at radius 1 is 1.50 bits per heavy atom. The Morgan fingerprint density at radius 2 is 2.35 bits per heavy atom. The quantitative estimate of drug-likeness (QED) is 0.925. The molecule has 0 saturated carbocycles. The van der Waals surface area contributed by atoms with Crippen LogP contribution in [0.2, 0.25) is 0 Å². The van der Waals surface area contributed by atoms with E-state index in [0.29, 0.717) is 11.5 Å². The van der Waals surface area contributed by atoms with Crippen LogP contribution in [-0.2, 0) is 12.8 Å². The average molecular weight is 293 g/mol. The Labute approximate surface area is 126 Å². The highest BCUT2D eigenvalue weighted by molar-refractivity contribution is 7.11. The van der Waals surface area contributed by atoms with Gasteiger partial charge >= 0.3 is 0 Å². The second-order valence-corrected chi connectivity index (χ2v) is 7.95. The molecular weight excluding hydrogens is 266 g/mol. The third kappa shape index (κ3) is 2.78. The zero-order chi connectivity index (χ0) is 14.2. The van der Waals surface area contributed by atoms with Crippen molar-refractivity contribution in [3.05, 3.63) is 15.6 Å². The molecule has 20 heavy (non-hydrogen) atoms. The van der Waals surface area contributed by atoms with Gasteiger partial charge in [-0.1, -0.05) is 13.8 Å². The van der Waals surface area contributed by atoms with Crippen molar-refractivity contribution in [3.63, 3.8) is 0 Å². The Hall–Kier alpha value is -0.450. The van der Waals surface area contributed by atoms with Crippen LogP contribution in [0, 0.1) is 5.41 Å². The maximum Gasteiger partial charge on any atom is 0.0928 e. The molecule has 1 aliphatic carbocycles. The first-order valence-corrected chi connectivity index (χ1v) is 8.82. The van der Waals surface area contributed by atoms with E-state index in [-0.39, 0.29) is 0 Å². The standard InChI is InChI=1S/C16H27N3S/c1-4-14-18-12-6-5-7-13(15(12)20-14)19(3)11-16(2)8-9-17-10-16/h13,17H,4-11H2,1-3H3. The topological polar surface area (TPSA) is 28.2 Å². The predicted octanol–water partition coefficient (Wildman–Crippen LogP) is 3.01. The van der Waals surface area contributed by atoms with Crippen LogP contribution in [0.3, 0.4) is 0 Å². The van der Waals surface area contributed by atoms with Gasteiger partial charge in [0.15, 0.2) is 0 Å². The van der Waals surface area contributed by atoms with E-state index < -0.39 is 0 Å². The van der Waals surface area contributed by atoms with Crippen molar-refractivity contribution >= 4 is 11.3 Å². The van der Waals surface area contributed by atoms with Crippen molar-refractivity contribution in [2.75, 3.05) is 26.7 Å². The molecule has 1 fully saturated rings. The minimum Gasteiger partial charge on any atom is -0.316 e. The van der Waals surface area contributed by atoms with E-state index in [1.54, 1.807) is 4.88 Å². The van der Waals surface area contributed by atoms with Crippen molar-refractivity contribution in [3.8, 4) is 0 Å². The number of nitrogens with zero attached hydrogens (tertiary/aromatic N) is 2. The number of hydrogen-bond donors (Lipinski definition) is 1. The number of aromatic nitrogens is 1. The lowest BCUT2D eigenvalue weighted by atomic mass is 9.87. The van der Waals surface area contributed by atoms with Crippen LogP contribution in [0.5, 0.6) is 0 Å². The van der Waals surface area contributed by atoms with Crippen LogP contribution in [0.4, 0.5) is 0 Å². The Kier molecular flexibility index (Phi) is 4.16. The molecule has 1 N–H and O–H groups in total. The average Bonchev–Trinajstić information content (AvgIpc) is 3.03. The second kappa shape index (κ2) is 5.74. The van der Waals surface area contributed by atoms with Gasteiger partial charge < -0.3 is 5.32 Å². The van der Waals surface area contributed by atoms with E-state index in [4.69, 9.17) is 4.98 Å². The zero-order valence-electron chi connectivity index (χ0n) is 13.0. The monoisotopic (exact) mass is 293 g/mol. The molecule has 2 heterocycles. The molecule has 112 valence electrons. The molecule has 0 aromatic carbocycles. The Balaban J connectivity index is 1.75. The van der Waals surface area contributed by atoms with Crippen molar-refractivity contribution in [1.82, 2.24) is 15.2 Å². The molecule has 3 rings (SSSR count). The largest absolute Gasteiger partial charge is 0.316 e. The van der Waals surface area contributed by atoms with E-state index in [1.165, 1.54) is 56.0 Å². The Bertz CT molecular complexity index is 462. The van der Waals surface area contributed by atoms with Gasteiger partial charge in [-0.15, -0.1) is 11.3 Å². The van der Waals surface area contributed by atoms with Crippen molar-refractivity contribution in [2.45, 2.75) is 52.0 Å². The summed E-state index contributed by atoms with van der Waals surface area (Å²) in [7, 11) is 2.31. The fourth-order valence-corrected chi connectivity index (χ4v) is 4.99. The smallest absolute Gasteiger partial charge is 0.0928 e. The van der Waals surface area contributed by atoms with E-state index in [9.17, 15) is 0 Å². The molecule has 1 aromatic heterocycles. The van der Waals surface area contributed by atoms with E-state index >= 15 is 0 Å². The first-order valence-electron chi connectivity index (χ1n) is 8.01. The fourth-order valence-electron chi connectivity index (χ4n) is 3.74. The van der Waals surface area contributed by atoms with Crippen molar-refractivity contribution < 1.29 is 0 Å². The van der Waals surface area contributed by atoms with Gasteiger partial charge in [0.1, 0.15) is 0 Å². The number of hydrogen-bond acceptors (Lipinski definition) is 4. The lowest BCUT2D eigenvalue weighted by Gasteiger charge is -2.36. The van der Waals surface area contributed by atoms with E-state index in [1.807, 2.05) is 11.3 Å². The molecule has 4 heteroatoms. The lowest BCUT2D eigenvalue weighted by Crippen LogP contribution is -2.38. The maximum atomic E-state index is 4.83. The molecule has 3 nitrogen and oxygen atoms in total. The van der Waals surface area contributed by atoms with Crippen molar-refractivity contribution in [2.24, 2.45) is 5.41 Å². The molecule has 2 atom stereocenters. The van der Waals surface area contributed by atoms with Gasteiger partial charge in [0, 0.05) is 24.0 Å². The summed E-state index contributed by atoms with van der Waals surface area (Å²) in [5.74, 6) is 0. The predicted molar refractivity (Wildman–Crippen MR) is 85.4 cm³/mol. The number of thiazole rings is 1. The third-order valence-corrected chi connectivity index (χ3v) is 6.23. The number of aryl methyl sites for hydroxylation is 2. The van der Waals surface area contributed by atoms with Gasteiger partial charge in [0.2, 0.25) is 0 Å². The number of rotatable bonds is 4. The lowest BCUT2D eigenvalue weighted by molar-refractivity contribution is 0.149. The summed E-state index contributed by atoms with van der Waals surface area (Å²) in [5.41, 5.74) is 1.84. The van der Waals surface area contributed by atoms with Crippen LogP contribution in [-0.4, -0.2) is 36.6 Å². The molecule has 1 aromatic rings. The van der Waals surface area contributed by atoms with Gasteiger partial charge in [-0.25, -0.2) is 4.98 Å². The van der Waals surface area contributed by atoms with Crippen LogP contribution in [0.15, 0.2) is 0 Å².